The highest BCUT2D eigenvalue weighted by Crippen LogP contribution is 2.10. The third kappa shape index (κ3) is 4.43. The van der Waals surface area contributed by atoms with Crippen LogP contribution in [0.4, 0.5) is 4.39 Å². The summed E-state index contributed by atoms with van der Waals surface area (Å²) in [5.41, 5.74) is 0.216. The lowest BCUT2D eigenvalue weighted by atomic mass is 10.1. The molecule has 1 aromatic rings. The van der Waals surface area contributed by atoms with E-state index in [1.54, 1.807) is 6.92 Å². The first kappa shape index (κ1) is 14.7. The van der Waals surface area contributed by atoms with Crippen LogP contribution in [0.25, 0.3) is 0 Å². The first-order valence-corrected chi connectivity index (χ1v) is 5.60. The van der Waals surface area contributed by atoms with Crippen molar-refractivity contribution in [3.05, 3.63) is 35.1 Å². The van der Waals surface area contributed by atoms with Crippen LogP contribution < -0.4 is 0 Å². The minimum atomic E-state index is -0.747. The number of hydrogen-bond acceptors (Lipinski definition) is 4. The van der Waals surface area contributed by atoms with E-state index in [4.69, 9.17) is 4.74 Å². The van der Waals surface area contributed by atoms with Crippen molar-refractivity contribution in [2.75, 3.05) is 13.7 Å². The van der Waals surface area contributed by atoms with Gasteiger partial charge < -0.3 is 9.47 Å². The van der Waals surface area contributed by atoms with Crippen LogP contribution >= 0.6 is 0 Å². The molecule has 0 saturated heterocycles. The van der Waals surface area contributed by atoms with E-state index >= 15 is 0 Å². The SMILES string of the molecule is CCOC(=O)CC#Cc1ccc(C(=O)OC)c(F)c1. The average Bonchev–Trinajstić information content (AvgIpc) is 2.38. The van der Waals surface area contributed by atoms with Crippen molar-refractivity contribution in [3.63, 3.8) is 0 Å². The lowest BCUT2D eigenvalue weighted by Crippen LogP contribution is -2.04. The van der Waals surface area contributed by atoms with Gasteiger partial charge in [0.05, 0.1) is 19.3 Å². The second-order valence-corrected chi connectivity index (χ2v) is 3.47. The second-order valence-electron chi connectivity index (χ2n) is 3.47. The molecule has 0 aliphatic carbocycles. The Hall–Kier alpha value is -2.35. The first-order valence-electron chi connectivity index (χ1n) is 5.60. The quantitative estimate of drug-likeness (QED) is 0.618. The van der Waals surface area contributed by atoms with Crippen molar-refractivity contribution >= 4 is 11.9 Å². The van der Waals surface area contributed by atoms with E-state index in [1.165, 1.54) is 19.2 Å². The minimum absolute atomic E-state index is 0.0613. The van der Waals surface area contributed by atoms with E-state index in [2.05, 4.69) is 16.6 Å². The Bertz CT molecular complexity index is 540. The minimum Gasteiger partial charge on any atom is -0.465 e. The summed E-state index contributed by atoms with van der Waals surface area (Å²) < 4.78 is 22.6. The molecule has 0 heterocycles. The van der Waals surface area contributed by atoms with E-state index in [-0.39, 0.29) is 12.0 Å². The predicted molar refractivity (Wildman–Crippen MR) is 65.9 cm³/mol. The van der Waals surface area contributed by atoms with Gasteiger partial charge in [0.2, 0.25) is 0 Å². The van der Waals surface area contributed by atoms with Gasteiger partial charge in [0, 0.05) is 5.56 Å². The standard InChI is InChI=1S/C14H13FO4/c1-3-19-13(16)6-4-5-10-7-8-11(12(15)9-10)14(17)18-2/h7-9H,3,6H2,1-2H3. The molecule has 0 radical (unpaired) electrons. The zero-order valence-corrected chi connectivity index (χ0v) is 10.7. The molecule has 1 aromatic carbocycles. The molecule has 5 heteroatoms. The Morgan fingerprint density at radius 3 is 2.68 bits per heavy atom. The zero-order chi connectivity index (χ0) is 14.3. The van der Waals surface area contributed by atoms with Gasteiger partial charge in [-0.15, -0.1) is 0 Å². The molecule has 0 saturated carbocycles. The number of ether oxygens (including phenoxy) is 2. The van der Waals surface area contributed by atoms with E-state index < -0.39 is 17.8 Å². The molecule has 0 amide bonds. The molecule has 0 unspecified atom stereocenters. The molecule has 0 bridgehead atoms. The lowest BCUT2D eigenvalue weighted by Gasteiger charge is -2.00. The van der Waals surface area contributed by atoms with Crippen LogP contribution in [0, 0.1) is 17.7 Å². The molecule has 0 aliphatic heterocycles. The van der Waals surface area contributed by atoms with Gasteiger partial charge in [-0.25, -0.2) is 9.18 Å². The normalized spacial score (nSPS) is 9.21. The fourth-order valence-electron chi connectivity index (χ4n) is 1.30. The molecule has 4 nitrogen and oxygen atoms in total. The van der Waals surface area contributed by atoms with Crippen molar-refractivity contribution < 1.29 is 23.5 Å². The summed E-state index contributed by atoms with van der Waals surface area (Å²) in [5, 5.41) is 0. The highest BCUT2D eigenvalue weighted by atomic mass is 19.1. The number of carbonyl (C=O) groups is 2. The van der Waals surface area contributed by atoms with Crippen molar-refractivity contribution in [2.24, 2.45) is 0 Å². The van der Waals surface area contributed by atoms with Gasteiger partial charge in [-0.2, -0.15) is 0 Å². The molecule has 100 valence electrons. The van der Waals surface area contributed by atoms with E-state index in [0.29, 0.717) is 12.2 Å². The predicted octanol–water partition coefficient (Wildman–Crippen LogP) is 1.92. The lowest BCUT2D eigenvalue weighted by molar-refractivity contribution is -0.141. The van der Waals surface area contributed by atoms with Crippen LogP contribution in [0.1, 0.15) is 29.3 Å². The Labute approximate surface area is 110 Å². The molecule has 0 aliphatic rings. The number of benzene rings is 1. The largest absolute Gasteiger partial charge is 0.465 e. The molecular formula is C14H13FO4. The molecule has 0 spiro atoms. The topological polar surface area (TPSA) is 52.6 Å². The molecule has 0 aromatic heterocycles. The van der Waals surface area contributed by atoms with Crippen LogP contribution in [0.5, 0.6) is 0 Å². The van der Waals surface area contributed by atoms with Crippen molar-refractivity contribution in [2.45, 2.75) is 13.3 Å². The number of methoxy groups -OCH3 is 1. The Balaban J connectivity index is 2.77. The summed E-state index contributed by atoms with van der Waals surface area (Å²) in [7, 11) is 1.18. The third-order valence-corrected chi connectivity index (χ3v) is 2.15. The fraction of sp³-hybridized carbons (Fsp3) is 0.286. The molecular weight excluding hydrogens is 251 g/mol. The van der Waals surface area contributed by atoms with Gasteiger partial charge in [0.25, 0.3) is 0 Å². The first-order chi connectivity index (χ1) is 9.08. The Morgan fingerprint density at radius 1 is 1.37 bits per heavy atom. The molecule has 19 heavy (non-hydrogen) atoms. The summed E-state index contributed by atoms with van der Waals surface area (Å²) in [6, 6.07) is 3.88. The smallest absolute Gasteiger partial charge is 0.340 e. The number of hydrogen-bond donors (Lipinski definition) is 0. The molecule has 0 N–H and O–H groups in total. The summed E-state index contributed by atoms with van der Waals surface area (Å²) >= 11 is 0. The van der Waals surface area contributed by atoms with Crippen LogP contribution in [0.15, 0.2) is 18.2 Å². The third-order valence-electron chi connectivity index (χ3n) is 2.15. The van der Waals surface area contributed by atoms with Gasteiger partial charge >= 0.3 is 11.9 Å². The van der Waals surface area contributed by atoms with Crippen molar-refractivity contribution in [1.82, 2.24) is 0 Å². The van der Waals surface area contributed by atoms with Gasteiger partial charge in [0.15, 0.2) is 0 Å². The number of halogens is 1. The van der Waals surface area contributed by atoms with Gasteiger partial charge in [-0.1, -0.05) is 11.8 Å². The van der Waals surface area contributed by atoms with Crippen molar-refractivity contribution in [1.29, 1.82) is 0 Å². The van der Waals surface area contributed by atoms with Gasteiger partial charge in [-0.05, 0) is 25.1 Å². The van der Waals surface area contributed by atoms with E-state index in [1.807, 2.05) is 0 Å². The second kappa shape index (κ2) is 7.17. The highest BCUT2D eigenvalue weighted by Gasteiger charge is 2.11. The maximum atomic E-state index is 13.5. The maximum absolute atomic E-state index is 13.5. The highest BCUT2D eigenvalue weighted by molar-refractivity contribution is 5.89. The summed E-state index contributed by atoms with van der Waals surface area (Å²) in [4.78, 5) is 22.2. The van der Waals surface area contributed by atoms with Crippen LogP contribution in [-0.2, 0) is 14.3 Å². The maximum Gasteiger partial charge on any atom is 0.340 e. The number of rotatable bonds is 3. The number of carbonyl (C=O) groups excluding carboxylic acids is 2. The number of esters is 2. The Morgan fingerprint density at radius 2 is 2.11 bits per heavy atom. The molecule has 1 rings (SSSR count). The van der Waals surface area contributed by atoms with Crippen LogP contribution in [0.3, 0.4) is 0 Å². The van der Waals surface area contributed by atoms with E-state index in [0.717, 1.165) is 6.07 Å². The van der Waals surface area contributed by atoms with Gasteiger partial charge in [0.1, 0.15) is 12.2 Å². The van der Waals surface area contributed by atoms with Crippen LogP contribution in [-0.4, -0.2) is 25.7 Å². The average molecular weight is 264 g/mol. The zero-order valence-electron chi connectivity index (χ0n) is 10.7. The summed E-state index contributed by atoms with van der Waals surface area (Å²) in [6.07, 6.45) is -0.0613. The molecule has 0 fully saturated rings. The monoisotopic (exact) mass is 264 g/mol. The van der Waals surface area contributed by atoms with Crippen LogP contribution in [0.2, 0.25) is 0 Å². The van der Waals surface area contributed by atoms with Gasteiger partial charge in [-0.3, -0.25) is 4.79 Å². The molecule has 0 atom stereocenters. The van der Waals surface area contributed by atoms with Crippen molar-refractivity contribution in [3.8, 4) is 11.8 Å². The van der Waals surface area contributed by atoms with E-state index in [9.17, 15) is 14.0 Å². The Kier molecular flexibility index (Phi) is 5.55. The fourth-order valence-corrected chi connectivity index (χ4v) is 1.30. The summed E-state index contributed by atoms with van der Waals surface area (Å²) in [5.74, 6) is 3.30. The summed E-state index contributed by atoms with van der Waals surface area (Å²) in [6.45, 7) is 2.00.